The molecule has 0 aromatic carbocycles. The number of rotatable bonds is 3. The summed E-state index contributed by atoms with van der Waals surface area (Å²) in [7, 11) is 3.87. The van der Waals surface area contributed by atoms with Crippen molar-refractivity contribution in [2.45, 2.75) is 31.6 Å². The molecule has 0 spiro atoms. The molecular formula is C15H25N5. The Morgan fingerprint density at radius 1 is 1.45 bits per heavy atom. The van der Waals surface area contributed by atoms with E-state index < -0.39 is 0 Å². The molecule has 110 valence electrons. The minimum Gasteiger partial charge on any atom is -0.356 e. The molecule has 5 heteroatoms. The average molecular weight is 275 g/mol. The molecule has 1 unspecified atom stereocenters. The van der Waals surface area contributed by atoms with Crippen molar-refractivity contribution in [3.8, 4) is 0 Å². The molecule has 1 aromatic heterocycles. The molecule has 1 aliphatic carbocycles. The van der Waals surface area contributed by atoms with Gasteiger partial charge in [-0.3, -0.25) is 9.67 Å². The first kappa shape index (κ1) is 13.5. The Kier molecular flexibility index (Phi) is 3.94. The van der Waals surface area contributed by atoms with Crippen LogP contribution < -0.4 is 5.32 Å². The van der Waals surface area contributed by atoms with Crippen LogP contribution >= 0.6 is 0 Å². The first-order valence-electron chi connectivity index (χ1n) is 7.70. The highest BCUT2D eigenvalue weighted by molar-refractivity contribution is 5.80. The first-order chi connectivity index (χ1) is 9.76. The molecule has 0 amide bonds. The fraction of sp³-hybridized carbons (Fsp3) is 0.733. The van der Waals surface area contributed by atoms with Gasteiger partial charge in [0.15, 0.2) is 5.96 Å². The van der Waals surface area contributed by atoms with Crippen molar-refractivity contribution in [1.29, 1.82) is 0 Å². The van der Waals surface area contributed by atoms with E-state index in [0.717, 1.165) is 31.5 Å². The van der Waals surface area contributed by atoms with Crippen LogP contribution in [0.15, 0.2) is 17.4 Å². The number of aryl methyl sites for hydroxylation is 1. The summed E-state index contributed by atoms with van der Waals surface area (Å²) in [6.45, 7) is 3.22. The summed E-state index contributed by atoms with van der Waals surface area (Å²) < 4.78 is 1.89. The van der Waals surface area contributed by atoms with E-state index in [9.17, 15) is 0 Å². The largest absolute Gasteiger partial charge is 0.356 e. The Labute approximate surface area is 121 Å². The van der Waals surface area contributed by atoms with Gasteiger partial charge in [-0.2, -0.15) is 5.10 Å². The third-order valence-corrected chi connectivity index (χ3v) is 4.67. The van der Waals surface area contributed by atoms with Gasteiger partial charge in [-0.1, -0.05) is 6.42 Å². The summed E-state index contributed by atoms with van der Waals surface area (Å²) >= 11 is 0. The Morgan fingerprint density at radius 3 is 2.90 bits per heavy atom. The molecule has 3 rings (SSSR count). The predicted molar refractivity (Wildman–Crippen MR) is 80.8 cm³/mol. The molecule has 2 aliphatic rings. The average Bonchev–Trinajstić information content (AvgIpc) is 3.01. The summed E-state index contributed by atoms with van der Waals surface area (Å²) in [6.07, 6.45) is 9.48. The van der Waals surface area contributed by atoms with Crippen molar-refractivity contribution >= 4 is 5.96 Å². The van der Waals surface area contributed by atoms with Crippen LogP contribution in [0.3, 0.4) is 0 Å². The fourth-order valence-electron chi connectivity index (χ4n) is 3.14. The molecule has 2 heterocycles. The van der Waals surface area contributed by atoms with Crippen molar-refractivity contribution in [3.05, 3.63) is 18.0 Å². The van der Waals surface area contributed by atoms with Gasteiger partial charge in [0.1, 0.15) is 0 Å². The Morgan fingerprint density at radius 2 is 2.30 bits per heavy atom. The van der Waals surface area contributed by atoms with Crippen molar-refractivity contribution in [3.63, 3.8) is 0 Å². The summed E-state index contributed by atoms with van der Waals surface area (Å²) in [5, 5.41) is 7.83. The maximum atomic E-state index is 4.44. The van der Waals surface area contributed by atoms with E-state index in [1.54, 1.807) is 0 Å². The highest BCUT2D eigenvalue weighted by Gasteiger charge is 2.27. The van der Waals surface area contributed by atoms with Gasteiger partial charge in [0.05, 0.1) is 6.20 Å². The van der Waals surface area contributed by atoms with Crippen LogP contribution in [0.2, 0.25) is 0 Å². The molecule has 5 nitrogen and oxygen atoms in total. The highest BCUT2D eigenvalue weighted by Crippen LogP contribution is 2.27. The van der Waals surface area contributed by atoms with Crippen LogP contribution in [0.1, 0.15) is 37.2 Å². The SMILES string of the molecule is CN=C(NCC1CCC1)N1CCC(c2cnn(C)c2)C1. The van der Waals surface area contributed by atoms with Crippen molar-refractivity contribution < 1.29 is 0 Å². The highest BCUT2D eigenvalue weighted by atomic mass is 15.3. The topological polar surface area (TPSA) is 45.5 Å². The van der Waals surface area contributed by atoms with E-state index >= 15 is 0 Å². The number of nitrogens with one attached hydrogen (secondary N) is 1. The molecular weight excluding hydrogens is 250 g/mol. The Hall–Kier alpha value is -1.52. The number of hydrogen-bond acceptors (Lipinski definition) is 2. The second-order valence-corrected chi connectivity index (χ2v) is 6.10. The second-order valence-electron chi connectivity index (χ2n) is 6.10. The number of likely N-dealkylation sites (tertiary alicyclic amines) is 1. The zero-order valence-corrected chi connectivity index (χ0v) is 12.5. The van der Waals surface area contributed by atoms with Crippen LogP contribution in [0.25, 0.3) is 0 Å². The maximum absolute atomic E-state index is 4.44. The van der Waals surface area contributed by atoms with E-state index in [2.05, 4.69) is 26.5 Å². The van der Waals surface area contributed by atoms with Gasteiger partial charge < -0.3 is 10.2 Å². The van der Waals surface area contributed by atoms with Gasteiger partial charge in [-0.25, -0.2) is 0 Å². The standard InChI is InChI=1S/C15H25N5/c1-16-15(17-8-12-4-3-5-12)20-7-6-13(11-20)14-9-18-19(2)10-14/h9-10,12-13H,3-8,11H2,1-2H3,(H,16,17). The van der Waals surface area contributed by atoms with E-state index in [1.165, 1.54) is 31.2 Å². The van der Waals surface area contributed by atoms with Crippen molar-refractivity contribution in [1.82, 2.24) is 20.0 Å². The zero-order chi connectivity index (χ0) is 13.9. The molecule has 0 radical (unpaired) electrons. The Bertz CT molecular complexity index is 474. The number of guanidine groups is 1. The lowest BCUT2D eigenvalue weighted by atomic mass is 9.85. The Balaban J connectivity index is 1.54. The van der Waals surface area contributed by atoms with Gasteiger partial charge in [-0.15, -0.1) is 0 Å². The minimum absolute atomic E-state index is 0.589. The number of aliphatic imine (C=N–C) groups is 1. The quantitative estimate of drug-likeness (QED) is 0.673. The number of hydrogen-bond donors (Lipinski definition) is 1. The molecule has 1 N–H and O–H groups in total. The lowest BCUT2D eigenvalue weighted by molar-refractivity contribution is 0.310. The molecule has 1 saturated carbocycles. The third kappa shape index (κ3) is 2.81. The molecule has 2 fully saturated rings. The summed E-state index contributed by atoms with van der Waals surface area (Å²) in [6, 6.07) is 0. The molecule has 1 aromatic rings. The lowest BCUT2D eigenvalue weighted by Crippen LogP contribution is -2.42. The molecule has 1 atom stereocenters. The summed E-state index contributed by atoms with van der Waals surface area (Å²) in [5.41, 5.74) is 1.35. The normalized spacial score (nSPS) is 24.0. The fourth-order valence-corrected chi connectivity index (χ4v) is 3.14. The number of aromatic nitrogens is 2. The maximum Gasteiger partial charge on any atom is 0.193 e. The lowest BCUT2D eigenvalue weighted by Gasteiger charge is -2.28. The minimum atomic E-state index is 0.589. The monoisotopic (exact) mass is 275 g/mol. The molecule has 0 bridgehead atoms. The zero-order valence-electron chi connectivity index (χ0n) is 12.5. The molecule has 1 saturated heterocycles. The summed E-state index contributed by atoms with van der Waals surface area (Å²) in [5.74, 6) is 2.53. The molecule has 20 heavy (non-hydrogen) atoms. The predicted octanol–water partition coefficient (Wildman–Crippen LogP) is 1.58. The van der Waals surface area contributed by atoms with Gasteiger partial charge in [-0.05, 0) is 30.7 Å². The van der Waals surface area contributed by atoms with Gasteiger partial charge in [0.25, 0.3) is 0 Å². The second kappa shape index (κ2) is 5.85. The van der Waals surface area contributed by atoms with Crippen LogP contribution in [-0.4, -0.2) is 47.3 Å². The molecule has 1 aliphatic heterocycles. The van der Waals surface area contributed by atoms with E-state index in [0.29, 0.717) is 5.92 Å². The van der Waals surface area contributed by atoms with E-state index in [-0.39, 0.29) is 0 Å². The number of nitrogens with zero attached hydrogens (tertiary/aromatic N) is 4. The van der Waals surface area contributed by atoms with Crippen LogP contribution in [0.4, 0.5) is 0 Å². The van der Waals surface area contributed by atoms with Crippen molar-refractivity contribution in [2.24, 2.45) is 18.0 Å². The summed E-state index contributed by atoms with van der Waals surface area (Å²) in [4.78, 5) is 6.83. The van der Waals surface area contributed by atoms with Crippen LogP contribution in [-0.2, 0) is 7.05 Å². The van der Waals surface area contributed by atoms with Gasteiger partial charge >= 0.3 is 0 Å². The van der Waals surface area contributed by atoms with Crippen LogP contribution in [0.5, 0.6) is 0 Å². The van der Waals surface area contributed by atoms with Crippen molar-refractivity contribution in [2.75, 3.05) is 26.7 Å². The van der Waals surface area contributed by atoms with Gasteiger partial charge in [0, 0.05) is 45.8 Å². The first-order valence-corrected chi connectivity index (χ1v) is 7.70. The van der Waals surface area contributed by atoms with E-state index in [4.69, 9.17) is 0 Å². The third-order valence-electron chi connectivity index (χ3n) is 4.67. The van der Waals surface area contributed by atoms with Crippen LogP contribution in [0, 0.1) is 5.92 Å². The van der Waals surface area contributed by atoms with Gasteiger partial charge in [0.2, 0.25) is 0 Å². The smallest absolute Gasteiger partial charge is 0.193 e. The van der Waals surface area contributed by atoms with E-state index in [1.807, 2.05) is 25.0 Å².